The van der Waals surface area contributed by atoms with Crippen molar-refractivity contribution >= 4 is 5.91 Å². The topological polar surface area (TPSA) is 62.5 Å². The number of hydrogen-bond donors (Lipinski definition) is 0. The van der Waals surface area contributed by atoms with Crippen LogP contribution in [0.15, 0.2) is 34.9 Å². The van der Waals surface area contributed by atoms with E-state index in [0.29, 0.717) is 18.3 Å². The molecule has 2 aromatic rings. The van der Waals surface area contributed by atoms with Crippen LogP contribution in [0.5, 0.6) is 0 Å². The highest BCUT2D eigenvalue weighted by atomic mass is 16.5. The molecule has 134 valence electrons. The summed E-state index contributed by atoms with van der Waals surface area (Å²) in [5.74, 6) is 1.18. The van der Waals surface area contributed by atoms with Gasteiger partial charge in [-0.2, -0.15) is 4.98 Å². The Morgan fingerprint density at radius 2 is 2.16 bits per heavy atom. The summed E-state index contributed by atoms with van der Waals surface area (Å²) in [6, 6.07) is 10.8. The molecule has 6 heteroatoms. The predicted octanol–water partition coefficient (Wildman–Crippen LogP) is 2.43. The minimum absolute atomic E-state index is 0.0681. The molecule has 0 saturated carbocycles. The number of amides is 1. The lowest BCUT2D eigenvalue weighted by Gasteiger charge is -2.27. The summed E-state index contributed by atoms with van der Waals surface area (Å²) in [5.41, 5.74) is 1.39. The first-order valence-corrected chi connectivity index (χ1v) is 8.94. The zero-order valence-electron chi connectivity index (χ0n) is 15.0. The van der Waals surface area contributed by atoms with Gasteiger partial charge in [-0.3, -0.25) is 4.79 Å². The van der Waals surface area contributed by atoms with Crippen molar-refractivity contribution in [3.63, 3.8) is 0 Å². The molecule has 0 unspecified atom stereocenters. The third kappa shape index (κ3) is 4.89. The maximum absolute atomic E-state index is 12.1. The van der Waals surface area contributed by atoms with Gasteiger partial charge in [0.15, 0.2) is 5.82 Å². The van der Waals surface area contributed by atoms with Crippen LogP contribution in [-0.2, 0) is 17.8 Å². The quantitative estimate of drug-likeness (QED) is 0.773. The Labute approximate surface area is 148 Å². The second-order valence-electron chi connectivity index (χ2n) is 6.71. The molecule has 1 amide bonds. The Hall–Kier alpha value is -2.21. The molecular weight excluding hydrogens is 316 g/mol. The molecule has 1 fully saturated rings. The number of rotatable bonds is 7. The highest BCUT2D eigenvalue weighted by Crippen LogP contribution is 2.18. The predicted molar refractivity (Wildman–Crippen MR) is 94.9 cm³/mol. The second kappa shape index (κ2) is 8.25. The average Bonchev–Trinajstić information content (AvgIpc) is 3.22. The van der Waals surface area contributed by atoms with Crippen molar-refractivity contribution in [2.24, 2.45) is 0 Å². The van der Waals surface area contributed by atoms with Crippen LogP contribution in [0.1, 0.15) is 37.0 Å². The minimum Gasteiger partial charge on any atom is -0.340 e. The first-order valence-electron chi connectivity index (χ1n) is 8.94. The van der Waals surface area contributed by atoms with Gasteiger partial charge in [0.1, 0.15) is 0 Å². The smallest absolute Gasteiger partial charge is 0.223 e. The highest BCUT2D eigenvalue weighted by molar-refractivity contribution is 5.73. The third-order valence-corrected chi connectivity index (χ3v) is 4.76. The van der Waals surface area contributed by atoms with Crippen molar-refractivity contribution in [3.05, 3.63) is 47.6 Å². The molecule has 0 spiro atoms. The van der Waals surface area contributed by atoms with E-state index < -0.39 is 0 Å². The van der Waals surface area contributed by atoms with E-state index in [4.69, 9.17) is 4.52 Å². The molecule has 0 aliphatic carbocycles. The minimum atomic E-state index is 0.0681. The fourth-order valence-corrected chi connectivity index (χ4v) is 3.48. The van der Waals surface area contributed by atoms with Crippen LogP contribution in [0.4, 0.5) is 0 Å². The molecule has 0 radical (unpaired) electrons. The Balaban J connectivity index is 1.48. The Bertz CT molecular complexity index is 686. The molecule has 3 rings (SSSR count). The molecule has 1 aliphatic heterocycles. The van der Waals surface area contributed by atoms with Gasteiger partial charge in [-0.15, -0.1) is 0 Å². The van der Waals surface area contributed by atoms with Gasteiger partial charge in [-0.25, -0.2) is 0 Å². The van der Waals surface area contributed by atoms with Crippen LogP contribution >= 0.6 is 0 Å². The van der Waals surface area contributed by atoms with E-state index in [9.17, 15) is 4.79 Å². The number of carbonyl (C=O) groups excluding carboxylic acids is 1. The molecule has 6 nitrogen and oxygen atoms in total. The number of benzene rings is 1. The Morgan fingerprint density at radius 3 is 2.84 bits per heavy atom. The lowest BCUT2D eigenvalue weighted by atomic mass is 10.1. The van der Waals surface area contributed by atoms with Crippen LogP contribution in [-0.4, -0.2) is 51.5 Å². The average molecular weight is 342 g/mol. The number of likely N-dealkylation sites (tertiary alicyclic amines) is 1. The lowest BCUT2D eigenvalue weighted by Crippen LogP contribution is -2.40. The number of carbonyl (C=O) groups is 1. The second-order valence-corrected chi connectivity index (χ2v) is 6.71. The maximum atomic E-state index is 12.1. The summed E-state index contributed by atoms with van der Waals surface area (Å²) in [7, 11) is 0. The zero-order chi connectivity index (χ0) is 17.6. The largest absolute Gasteiger partial charge is 0.340 e. The molecule has 0 N–H and O–H groups in total. The molecule has 1 aromatic heterocycles. The van der Waals surface area contributed by atoms with E-state index >= 15 is 0 Å². The van der Waals surface area contributed by atoms with Crippen molar-refractivity contribution in [1.29, 1.82) is 0 Å². The SMILES string of the molecule is CC(=O)N(Cc1noc(C)n1)[C@H]1CCN(CCCc2ccccc2)C1. The standard InChI is InChI=1S/C19H26N4O2/c1-15-20-19(21-25-15)14-23(16(2)24)18-10-12-22(13-18)11-6-9-17-7-4-3-5-8-17/h3-5,7-8,18H,6,9-14H2,1-2H3/t18-/m0/s1. The van der Waals surface area contributed by atoms with Crippen molar-refractivity contribution in [2.45, 2.75) is 45.7 Å². The van der Waals surface area contributed by atoms with Crippen molar-refractivity contribution < 1.29 is 9.32 Å². The first kappa shape index (κ1) is 17.6. The Kier molecular flexibility index (Phi) is 5.81. The van der Waals surface area contributed by atoms with Crippen LogP contribution in [0.25, 0.3) is 0 Å². The maximum Gasteiger partial charge on any atom is 0.223 e. The lowest BCUT2D eigenvalue weighted by molar-refractivity contribution is -0.131. The van der Waals surface area contributed by atoms with Gasteiger partial charge >= 0.3 is 0 Å². The van der Waals surface area contributed by atoms with Crippen LogP contribution in [0.2, 0.25) is 0 Å². The van der Waals surface area contributed by atoms with E-state index in [1.807, 2.05) is 4.90 Å². The number of hydrogen-bond acceptors (Lipinski definition) is 5. The van der Waals surface area contributed by atoms with Crippen LogP contribution < -0.4 is 0 Å². The van der Waals surface area contributed by atoms with Gasteiger partial charge < -0.3 is 14.3 Å². The van der Waals surface area contributed by atoms with Gasteiger partial charge in [0.2, 0.25) is 11.8 Å². The van der Waals surface area contributed by atoms with Gasteiger partial charge in [0.05, 0.1) is 6.54 Å². The molecule has 1 atom stereocenters. The summed E-state index contributed by atoms with van der Waals surface area (Å²) in [5, 5.41) is 3.92. The normalized spacial score (nSPS) is 17.8. The summed E-state index contributed by atoms with van der Waals surface area (Å²) in [4.78, 5) is 20.6. The van der Waals surface area contributed by atoms with E-state index in [1.165, 1.54) is 5.56 Å². The highest BCUT2D eigenvalue weighted by Gasteiger charge is 2.29. The van der Waals surface area contributed by atoms with E-state index in [1.54, 1.807) is 13.8 Å². The van der Waals surface area contributed by atoms with Crippen LogP contribution in [0.3, 0.4) is 0 Å². The van der Waals surface area contributed by atoms with E-state index in [2.05, 4.69) is 45.4 Å². The van der Waals surface area contributed by atoms with Gasteiger partial charge in [-0.05, 0) is 31.4 Å². The fraction of sp³-hybridized carbons (Fsp3) is 0.526. The van der Waals surface area contributed by atoms with Gasteiger partial charge in [-0.1, -0.05) is 35.5 Å². The van der Waals surface area contributed by atoms with Crippen molar-refractivity contribution in [1.82, 2.24) is 19.9 Å². The molecule has 1 aromatic carbocycles. The summed E-state index contributed by atoms with van der Waals surface area (Å²) in [6.07, 6.45) is 3.24. The third-order valence-electron chi connectivity index (χ3n) is 4.76. The van der Waals surface area contributed by atoms with Crippen molar-refractivity contribution in [3.8, 4) is 0 Å². The van der Waals surface area contributed by atoms with Gasteiger partial charge in [0, 0.05) is 33.0 Å². The summed E-state index contributed by atoms with van der Waals surface area (Å²) >= 11 is 0. The number of nitrogens with zero attached hydrogens (tertiary/aromatic N) is 4. The van der Waals surface area contributed by atoms with Gasteiger partial charge in [0.25, 0.3) is 0 Å². The molecule has 25 heavy (non-hydrogen) atoms. The fourth-order valence-electron chi connectivity index (χ4n) is 3.48. The first-order chi connectivity index (χ1) is 12.1. The van der Waals surface area contributed by atoms with E-state index in [-0.39, 0.29) is 11.9 Å². The Morgan fingerprint density at radius 1 is 1.36 bits per heavy atom. The number of aromatic nitrogens is 2. The van der Waals surface area contributed by atoms with Crippen molar-refractivity contribution in [2.75, 3.05) is 19.6 Å². The molecule has 1 saturated heterocycles. The van der Waals surface area contributed by atoms with E-state index in [0.717, 1.165) is 38.9 Å². The monoisotopic (exact) mass is 342 g/mol. The summed E-state index contributed by atoms with van der Waals surface area (Å²) in [6.45, 7) is 6.83. The summed E-state index contributed by atoms with van der Waals surface area (Å²) < 4.78 is 5.01. The molecule has 1 aliphatic rings. The number of aryl methyl sites for hydroxylation is 2. The molecule has 2 heterocycles. The molecule has 0 bridgehead atoms. The zero-order valence-corrected chi connectivity index (χ0v) is 15.0. The molecular formula is C19H26N4O2. The van der Waals surface area contributed by atoms with Crippen LogP contribution in [0, 0.1) is 6.92 Å².